The zero-order valence-electron chi connectivity index (χ0n) is 13.3. The van der Waals surface area contributed by atoms with Crippen LogP contribution in [0.25, 0.3) is 11.3 Å². The first kappa shape index (κ1) is 17.0. The highest BCUT2D eigenvalue weighted by molar-refractivity contribution is 7.89. The van der Waals surface area contributed by atoms with Crippen molar-refractivity contribution in [2.45, 2.75) is 11.4 Å². The van der Waals surface area contributed by atoms with Gasteiger partial charge in [-0.1, -0.05) is 18.2 Å². The van der Waals surface area contributed by atoms with E-state index in [1.807, 2.05) is 0 Å². The van der Waals surface area contributed by atoms with E-state index in [4.69, 9.17) is 4.74 Å². The predicted molar refractivity (Wildman–Crippen MR) is 90.4 cm³/mol. The minimum absolute atomic E-state index is 0.171. The molecule has 0 aliphatic carbocycles. The van der Waals surface area contributed by atoms with Crippen molar-refractivity contribution in [3.05, 3.63) is 34.2 Å². The van der Waals surface area contributed by atoms with Gasteiger partial charge in [0.2, 0.25) is 10.0 Å². The molecule has 0 unspecified atom stereocenters. The highest BCUT2D eigenvalue weighted by atomic mass is 32.2. The molecule has 0 saturated carbocycles. The first-order valence-electron chi connectivity index (χ1n) is 7.29. The van der Waals surface area contributed by atoms with Gasteiger partial charge >= 0.3 is 0 Å². The van der Waals surface area contributed by atoms with Gasteiger partial charge in [0, 0.05) is 31.1 Å². The Balaban J connectivity index is 2.19. The molecule has 0 atom stereocenters. The first-order chi connectivity index (χ1) is 11.5. The number of hydrogen-bond donors (Lipinski definition) is 1. The number of fused-ring (bicyclic) bond motifs is 3. The third-order valence-corrected chi connectivity index (χ3v) is 6.69. The van der Waals surface area contributed by atoms with Crippen molar-refractivity contribution in [2.24, 2.45) is 0 Å². The van der Waals surface area contributed by atoms with Crippen LogP contribution in [0.3, 0.4) is 0 Å². The van der Waals surface area contributed by atoms with Crippen LogP contribution in [0.1, 0.15) is 14.7 Å². The number of carbonyl (C=O) groups excluding carboxylic acids is 1. The Bertz CT molecular complexity index is 877. The number of thiazole rings is 1. The van der Waals surface area contributed by atoms with Crippen LogP contribution in [-0.4, -0.2) is 50.9 Å². The molecule has 128 valence electrons. The normalized spacial score (nSPS) is 16.1. The fourth-order valence-corrected chi connectivity index (χ4v) is 5.24. The number of carbonyl (C=O) groups is 1. The van der Waals surface area contributed by atoms with Crippen LogP contribution in [0.5, 0.6) is 0 Å². The quantitative estimate of drug-likeness (QED) is 0.880. The number of hydrogen-bond acceptors (Lipinski definition) is 6. The van der Waals surface area contributed by atoms with E-state index in [0.717, 1.165) is 4.88 Å². The average Bonchev–Trinajstić information content (AvgIpc) is 2.98. The summed E-state index contributed by atoms with van der Waals surface area (Å²) in [5.41, 5.74) is 1.08. The van der Waals surface area contributed by atoms with E-state index in [2.05, 4.69) is 10.3 Å². The maximum atomic E-state index is 12.9. The van der Waals surface area contributed by atoms with Crippen molar-refractivity contribution in [1.82, 2.24) is 14.6 Å². The summed E-state index contributed by atoms with van der Waals surface area (Å²) in [5.74, 6) is -0.281. The minimum Gasteiger partial charge on any atom is -0.383 e. The molecule has 1 aliphatic rings. The predicted octanol–water partition coefficient (Wildman–Crippen LogP) is 1.32. The van der Waals surface area contributed by atoms with Crippen LogP contribution >= 0.6 is 11.3 Å². The lowest BCUT2D eigenvalue weighted by Gasteiger charge is -2.19. The van der Waals surface area contributed by atoms with Crippen LogP contribution in [-0.2, 0) is 21.3 Å². The van der Waals surface area contributed by atoms with Gasteiger partial charge in [0.1, 0.15) is 0 Å². The lowest BCUT2D eigenvalue weighted by atomic mass is 10.1. The van der Waals surface area contributed by atoms with Crippen molar-refractivity contribution in [1.29, 1.82) is 0 Å². The zero-order valence-corrected chi connectivity index (χ0v) is 14.9. The van der Waals surface area contributed by atoms with Crippen LogP contribution in [0.4, 0.5) is 0 Å². The molecule has 3 rings (SSSR count). The van der Waals surface area contributed by atoms with Crippen LogP contribution < -0.4 is 5.32 Å². The third kappa shape index (κ3) is 2.84. The molecule has 0 bridgehead atoms. The largest absolute Gasteiger partial charge is 0.383 e. The van der Waals surface area contributed by atoms with Gasteiger partial charge in [-0.25, -0.2) is 13.4 Å². The molecule has 1 aromatic carbocycles. The molecule has 0 radical (unpaired) electrons. The molecular weight excluding hydrogens is 350 g/mol. The first-order valence-corrected chi connectivity index (χ1v) is 9.55. The topological polar surface area (TPSA) is 88.6 Å². The van der Waals surface area contributed by atoms with E-state index in [9.17, 15) is 13.2 Å². The summed E-state index contributed by atoms with van der Waals surface area (Å²) < 4.78 is 32.3. The molecule has 7 nitrogen and oxygen atoms in total. The molecule has 0 saturated heterocycles. The van der Waals surface area contributed by atoms with E-state index in [-0.39, 0.29) is 30.5 Å². The van der Waals surface area contributed by atoms with Crippen molar-refractivity contribution in [2.75, 3.05) is 27.3 Å². The van der Waals surface area contributed by atoms with Gasteiger partial charge in [0.15, 0.2) is 5.01 Å². The SMILES string of the molecule is CNC(=O)c1nc2c(s1)CN(CCOC)S(=O)(=O)c1ccccc1-2. The van der Waals surface area contributed by atoms with E-state index in [0.29, 0.717) is 16.3 Å². The molecule has 2 heterocycles. The van der Waals surface area contributed by atoms with Gasteiger partial charge in [-0.3, -0.25) is 4.79 Å². The summed E-state index contributed by atoms with van der Waals surface area (Å²) in [5, 5.41) is 2.87. The summed E-state index contributed by atoms with van der Waals surface area (Å²) in [7, 11) is -0.580. The monoisotopic (exact) mass is 367 g/mol. The van der Waals surface area contributed by atoms with Crippen molar-refractivity contribution >= 4 is 27.3 Å². The maximum Gasteiger partial charge on any atom is 0.280 e. The van der Waals surface area contributed by atoms with E-state index in [1.165, 1.54) is 29.8 Å². The third-order valence-electron chi connectivity index (χ3n) is 3.74. The Labute approximate surface area is 144 Å². The minimum atomic E-state index is -3.65. The highest BCUT2D eigenvalue weighted by Crippen LogP contribution is 2.38. The van der Waals surface area contributed by atoms with E-state index >= 15 is 0 Å². The van der Waals surface area contributed by atoms with Gasteiger partial charge in [-0.15, -0.1) is 11.3 Å². The van der Waals surface area contributed by atoms with Gasteiger partial charge in [0.05, 0.1) is 23.7 Å². The second-order valence-corrected chi connectivity index (χ2v) is 8.19. The van der Waals surface area contributed by atoms with Crippen LogP contribution in [0, 0.1) is 0 Å². The lowest BCUT2D eigenvalue weighted by molar-refractivity contribution is 0.0963. The fourth-order valence-electron chi connectivity index (χ4n) is 2.54. The van der Waals surface area contributed by atoms with Crippen molar-refractivity contribution < 1.29 is 17.9 Å². The Morgan fingerprint density at radius 1 is 1.42 bits per heavy atom. The standard InChI is InChI=1S/C15H17N3O4S2/c1-16-14(19)15-17-13-10-5-3-4-6-12(10)24(20,21)18(7-8-22-2)9-11(13)23-15/h3-6H,7-9H2,1-2H3,(H,16,19). The van der Waals surface area contributed by atoms with Gasteiger partial charge < -0.3 is 10.1 Å². The summed E-state index contributed by atoms with van der Waals surface area (Å²) in [6, 6.07) is 6.74. The van der Waals surface area contributed by atoms with Gasteiger partial charge in [-0.05, 0) is 6.07 Å². The fraction of sp³-hybridized carbons (Fsp3) is 0.333. The molecule has 1 amide bonds. The zero-order chi connectivity index (χ0) is 17.3. The van der Waals surface area contributed by atoms with Crippen molar-refractivity contribution in [3.8, 4) is 11.3 Å². The number of aromatic nitrogens is 1. The molecule has 2 aromatic rings. The average molecular weight is 367 g/mol. The Kier molecular flexibility index (Phi) is 4.68. The van der Waals surface area contributed by atoms with Gasteiger partial charge in [0.25, 0.3) is 5.91 Å². The Hall–Kier alpha value is -1.81. The number of amides is 1. The molecule has 1 aromatic heterocycles. The van der Waals surface area contributed by atoms with Crippen LogP contribution in [0.2, 0.25) is 0 Å². The Morgan fingerprint density at radius 3 is 2.88 bits per heavy atom. The smallest absolute Gasteiger partial charge is 0.280 e. The molecule has 1 N–H and O–H groups in total. The summed E-state index contributed by atoms with van der Waals surface area (Å²) in [6.45, 7) is 0.696. The molecule has 0 fully saturated rings. The van der Waals surface area contributed by atoms with E-state index in [1.54, 1.807) is 24.3 Å². The number of methoxy groups -OCH3 is 1. The number of benzene rings is 1. The number of ether oxygens (including phenoxy) is 1. The lowest BCUT2D eigenvalue weighted by Crippen LogP contribution is -2.32. The number of nitrogens with zero attached hydrogens (tertiary/aromatic N) is 2. The Morgan fingerprint density at radius 2 is 2.17 bits per heavy atom. The molecule has 24 heavy (non-hydrogen) atoms. The number of rotatable bonds is 4. The summed E-state index contributed by atoms with van der Waals surface area (Å²) in [6.07, 6.45) is 0. The molecule has 1 aliphatic heterocycles. The molecular formula is C15H17N3O4S2. The molecule has 0 spiro atoms. The van der Waals surface area contributed by atoms with Gasteiger partial charge in [-0.2, -0.15) is 4.31 Å². The molecule has 9 heteroatoms. The second kappa shape index (κ2) is 6.60. The second-order valence-electron chi connectivity index (χ2n) is 5.20. The van der Waals surface area contributed by atoms with Crippen molar-refractivity contribution in [3.63, 3.8) is 0 Å². The number of sulfonamides is 1. The maximum absolute atomic E-state index is 12.9. The summed E-state index contributed by atoms with van der Waals surface area (Å²) in [4.78, 5) is 17.2. The summed E-state index contributed by atoms with van der Waals surface area (Å²) >= 11 is 1.21. The number of nitrogens with one attached hydrogen (secondary N) is 1. The van der Waals surface area contributed by atoms with E-state index < -0.39 is 10.0 Å². The highest BCUT2D eigenvalue weighted by Gasteiger charge is 2.34. The van der Waals surface area contributed by atoms with Crippen LogP contribution in [0.15, 0.2) is 29.2 Å².